The van der Waals surface area contributed by atoms with E-state index in [4.69, 9.17) is 133 Å². The lowest BCUT2D eigenvalue weighted by molar-refractivity contribution is 0.901. The molecule has 0 aliphatic heterocycles. The van der Waals surface area contributed by atoms with Crippen molar-refractivity contribution < 1.29 is 0 Å². The lowest BCUT2D eigenvalue weighted by Gasteiger charge is -2.34. The monoisotopic (exact) mass is 714 g/mol. The van der Waals surface area contributed by atoms with Crippen LogP contribution >= 0.6 is 133 Å². The third-order valence-corrected chi connectivity index (χ3v) is 20.9. The standard InChI is InChI=1S/C11H22Cl12Si5/c12-25(13,14)7-1-4-24(10-11-28(21,22)23,5-2-8-26(15,16)17)6-3-9-27(18,19)20/h1-11H2. The van der Waals surface area contributed by atoms with Crippen molar-refractivity contribution in [3.63, 3.8) is 0 Å². The van der Waals surface area contributed by atoms with Gasteiger partial charge in [0.15, 0.2) is 0 Å². The maximum Gasteiger partial charge on any atom is 0.341 e. The highest BCUT2D eigenvalue weighted by Gasteiger charge is 2.39. The smallest absolute Gasteiger partial charge is 0.126 e. The van der Waals surface area contributed by atoms with Crippen molar-refractivity contribution in [3.05, 3.63) is 0 Å². The van der Waals surface area contributed by atoms with Crippen LogP contribution in [0.1, 0.15) is 19.3 Å². The zero-order valence-corrected chi connectivity index (χ0v) is 28.9. The van der Waals surface area contributed by atoms with E-state index in [9.17, 15) is 0 Å². The summed E-state index contributed by atoms with van der Waals surface area (Å²) < 4.78 is 0. The molecule has 0 saturated heterocycles. The van der Waals surface area contributed by atoms with Gasteiger partial charge in [-0.2, -0.15) is 0 Å². The van der Waals surface area contributed by atoms with Gasteiger partial charge >= 0.3 is 24.0 Å². The average Bonchev–Trinajstić information content (AvgIpc) is 2.40. The summed E-state index contributed by atoms with van der Waals surface area (Å²) in [4.78, 5) is 0. The number of hydrogen-bond acceptors (Lipinski definition) is 0. The molecule has 0 heterocycles. The summed E-state index contributed by atoms with van der Waals surface area (Å²) in [6.45, 7) is 0. The van der Waals surface area contributed by atoms with E-state index >= 15 is 0 Å². The minimum absolute atomic E-state index is 0.603. The summed E-state index contributed by atoms with van der Waals surface area (Å²) in [5, 5.41) is 0. The van der Waals surface area contributed by atoms with Crippen LogP contribution in [0.4, 0.5) is 0 Å². The molecule has 0 unspecified atom stereocenters. The molecule has 0 aromatic rings. The quantitative estimate of drug-likeness (QED) is 0.117. The van der Waals surface area contributed by atoms with E-state index < -0.39 is 32.1 Å². The highest BCUT2D eigenvalue weighted by atomic mass is 35.9. The Bertz CT molecular complexity index is 391. The normalized spacial score (nSPS) is 14.6. The van der Waals surface area contributed by atoms with E-state index in [1.807, 2.05) is 0 Å². The van der Waals surface area contributed by atoms with E-state index in [0.717, 1.165) is 43.4 Å². The summed E-state index contributed by atoms with van der Waals surface area (Å²) in [6.07, 6.45) is 2.52. The largest absolute Gasteiger partial charge is 0.341 e. The zero-order valence-electron chi connectivity index (χ0n) is 14.8. The lowest BCUT2D eigenvalue weighted by atomic mass is 10.5. The van der Waals surface area contributed by atoms with Gasteiger partial charge in [-0.15, -0.1) is 133 Å². The first-order valence-electron chi connectivity index (χ1n) is 8.60. The Balaban J connectivity index is 5.27. The molecule has 0 rings (SSSR count). The molecule has 0 aromatic heterocycles. The fourth-order valence-electron chi connectivity index (χ4n) is 3.15. The van der Waals surface area contributed by atoms with E-state index in [0.29, 0.717) is 24.2 Å². The first-order valence-corrected chi connectivity index (χ1v) is 32.4. The molecule has 0 nitrogen and oxygen atoms in total. The first kappa shape index (κ1) is 32.6. The SMILES string of the molecule is Cl[Si](Cl)(Cl)CCC[Si](CCC[Si](Cl)(Cl)Cl)(CCC[Si](Cl)(Cl)Cl)CC[Si](Cl)(Cl)Cl. The summed E-state index contributed by atoms with van der Waals surface area (Å²) in [7, 11) is -1.88. The van der Waals surface area contributed by atoms with Crippen LogP contribution in [0.3, 0.4) is 0 Å². The fraction of sp³-hybridized carbons (Fsp3) is 1.00. The van der Waals surface area contributed by atoms with E-state index in [-0.39, 0.29) is 0 Å². The fourth-order valence-corrected chi connectivity index (χ4v) is 19.6. The lowest BCUT2D eigenvalue weighted by Crippen LogP contribution is -2.36. The molecule has 0 aromatic carbocycles. The Hall–Kier alpha value is 4.56. The van der Waals surface area contributed by atoms with Gasteiger partial charge in [-0.05, 0) is 24.2 Å². The van der Waals surface area contributed by atoms with Crippen molar-refractivity contribution in [1.82, 2.24) is 0 Å². The van der Waals surface area contributed by atoms with E-state index in [2.05, 4.69) is 0 Å². The van der Waals surface area contributed by atoms with Gasteiger partial charge in [0.05, 0.1) is 8.07 Å². The van der Waals surface area contributed by atoms with Gasteiger partial charge in [-0.25, -0.2) is 0 Å². The van der Waals surface area contributed by atoms with Gasteiger partial charge in [0.25, 0.3) is 0 Å². The minimum atomic E-state index is -2.75. The molecule has 0 bridgehead atoms. The Morgan fingerprint density at radius 2 is 0.536 bits per heavy atom. The van der Waals surface area contributed by atoms with Gasteiger partial charge in [-0.1, -0.05) is 43.4 Å². The van der Waals surface area contributed by atoms with Crippen LogP contribution in [0.15, 0.2) is 0 Å². The van der Waals surface area contributed by atoms with Gasteiger partial charge in [0.2, 0.25) is 0 Å². The Kier molecular flexibility index (Phi) is 16.5. The molecule has 0 atom stereocenters. The van der Waals surface area contributed by atoms with Crippen LogP contribution in [0.25, 0.3) is 0 Å². The molecule has 17 heteroatoms. The number of hydrogen-bond donors (Lipinski definition) is 0. The second-order valence-corrected chi connectivity index (χ2v) is 49.1. The van der Waals surface area contributed by atoms with Crippen molar-refractivity contribution in [2.24, 2.45) is 0 Å². The van der Waals surface area contributed by atoms with Crippen molar-refractivity contribution in [2.75, 3.05) is 0 Å². The highest BCUT2D eigenvalue weighted by Crippen LogP contribution is 2.42. The molecule has 0 fully saturated rings. The molecule has 0 N–H and O–H groups in total. The van der Waals surface area contributed by atoms with Gasteiger partial charge in [0, 0.05) is 0 Å². The highest BCUT2D eigenvalue weighted by molar-refractivity contribution is 7.66. The van der Waals surface area contributed by atoms with E-state index in [1.165, 1.54) is 0 Å². The Morgan fingerprint density at radius 1 is 0.286 bits per heavy atom. The average molecular weight is 720 g/mol. The molecule has 0 saturated carbocycles. The van der Waals surface area contributed by atoms with Crippen LogP contribution in [0, 0.1) is 0 Å². The number of halogens is 12. The second-order valence-electron chi connectivity index (χ2n) is 7.02. The zero-order chi connectivity index (χ0) is 22.3. The van der Waals surface area contributed by atoms with Crippen molar-refractivity contribution in [3.8, 4) is 0 Å². The molecule has 170 valence electrons. The van der Waals surface area contributed by atoms with Crippen molar-refractivity contribution >= 4 is 165 Å². The predicted octanol–water partition coefficient (Wildman–Crippen LogP) is 11.2. The molecule has 0 amide bonds. The third-order valence-electron chi connectivity index (χ3n) is 4.44. The van der Waals surface area contributed by atoms with Crippen LogP contribution in [-0.2, 0) is 0 Å². The number of rotatable bonds is 15. The molecule has 28 heavy (non-hydrogen) atoms. The predicted molar refractivity (Wildman–Crippen MR) is 151 cm³/mol. The van der Waals surface area contributed by atoms with Gasteiger partial charge in [0.1, 0.15) is 0 Å². The third kappa shape index (κ3) is 21.1. The Morgan fingerprint density at radius 3 is 0.750 bits per heavy atom. The topological polar surface area (TPSA) is 0 Å². The molecule has 0 spiro atoms. The summed E-state index contributed by atoms with van der Waals surface area (Å²) in [6, 6.07) is -4.55. The summed E-state index contributed by atoms with van der Waals surface area (Å²) >= 11 is 73.2. The Labute approximate surface area is 229 Å². The van der Waals surface area contributed by atoms with Crippen LogP contribution < -0.4 is 0 Å². The van der Waals surface area contributed by atoms with Crippen molar-refractivity contribution in [1.29, 1.82) is 0 Å². The second kappa shape index (κ2) is 14.2. The molecular weight excluding hydrogens is 698 g/mol. The maximum atomic E-state index is 6.18. The summed E-state index contributed by atoms with van der Waals surface area (Å²) in [5.41, 5.74) is 0. The van der Waals surface area contributed by atoms with Gasteiger partial charge in [-0.3, -0.25) is 0 Å². The molecular formula is C11H22Cl12Si5. The molecule has 0 radical (unpaired) electrons. The first-order chi connectivity index (χ1) is 12.3. The molecule has 0 aliphatic rings. The molecule has 0 aliphatic carbocycles. The van der Waals surface area contributed by atoms with Crippen molar-refractivity contribution in [2.45, 2.75) is 67.6 Å². The summed E-state index contributed by atoms with van der Waals surface area (Å²) in [5.74, 6) is 0. The van der Waals surface area contributed by atoms with Gasteiger partial charge < -0.3 is 0 Å². The van der Waals surface area contributed by atoms with Crippen LogP contribution in [0.2, 0.25) is 48.4 Å². The van der Waals surface area contributed by atoms with Crippen LogP contribution in [0.5, 0.6) is 0 Å². The maximum absolute atomic E-state index is 6.18. The van der Waals surface area contributed by atoms with E-state index in [1.54, 1.807) is 0 Å². The minimum Gasteiger partial charge on any atom is -0.126 e. The van der Waals surface area contributed by atoms with Crippen LogP contribution in [-0.4, -0.2) is 32.1 Å².